The van der Waals surface area contributed by atoms with Crippen molar-refractivity contribution >= 4 is 16.7 Å². The van der Waals surface area contributed by atoms with E-state index in [9.17, 15) is 4.21 Å². The van der Waals surface area contributed by atoms with Crippen molar-refractivity contribution in [3.8, 4) is 0 Å². The molecule has 1 aromatic carbocycles. The van der Waals surface area contributed by atoms with E-state index in [-0.39, 0.29) is 31.0 Å². The van der Waals surface area contributed by atoms with Gasteiger partial charge in [0.05, 0.1) is 4.90 Å². The first-order valence-corrected chi connectivity index (χ1v) is 4.59. The Bertz CT molecular complexity index is 291. The van der Waals surface area contributed by atoms with E-state index in [0.717, 1.165) is 11.1 Å². The first kappa shape index (κ1) is 13.1. The van der Waals surface area contributed by atoms with Crippen molar-refractivity contribution in [3.63, 3.8) is 0 Å². The number of allylic oxidation sites excluding steroid dienone is 1. The summed E-state index contributed by atoms with van der Waals surface area (Å²) >= 11 is -1.88. The third-order valence-electron chi connectivity index (χ3n) is 1.55. The van der Waals surface area contributed by atoms with Gasteiger partial charge < -0.3 is 5.98 Å². The van der Waals surface area contributed by atoms with Crippen LogP contribution in [0.1, 0.15) is 13.9 Å². The maximum atomic E-state index is 10.6. The second-order valence-corrected chi connectivity index (χ2v) is 3.52. The van der Waals surface area contributed by atoms with E-state index >= 15 is 0 Å². The van der Waals surface area contributed by atoms with Gasteiger partial charge in [-0.25, -0.2) is 4.21 Å². The third kappa shape index (κ3) is 3.75. The van der Waals surface area contributed by atoms with E-state index in [1.807, 2.05) is 6.92 Å². The molecule has 1 rings (SSSR count). The van der Waals surface area contributed by atoms with Crippen LogP contribution in [0, 0.1) is 0 Å². The molecule has 1 N–H and O–H groups in total. The summed E-state index contributed by atoms with van der Waals surface area (Å²) in [6, 6.07) is 6.82. The van der Waals surface area contributed by atoms with E-state index in [1.54, 1.807) is 24.3 Å². The fourth-order valence-electron chi connectivity index (χ4n) is 0.856. The van der Waals surface area contributed by atoms with E-state index in [1.165, 1.54) is 0 Å². The molecule has 0 bridgehead atoms. The van der Waals surface area contributed by atoms with Crippen LogP contribution in [-0.4, -0.2) is 8.76 Å². The molecule has 0 spiro atoms. The van der Waals surface area contributed by atoms with Crippen molar-refractivity contribution < 1.29 is 39.7 Å². The summed E-state index contributed by atoms with van der Waals surface area (Å²) in [6.45, 7) is 5.66. The zero-order valence-electron chi connectivity index (χ0n) is 8.78. The SMILES string of the molecule is C=C(C)c1ccc(S(=O)O)cc1.[H-].[Na+]. The van der Waals surface area contributed by atoms with Crippen LogP contribution in [0.15, 0.2) is 35.7 Å². The van der Waals surface area contributed by atoms with Crippen LogP contribution in [0.2, 0.25) is 0 Å². The van der Waals surface area contributed by atoms with Crippen molar-refractivity contribution in [2.24, 2.45) is 0 Å². The molecule has 13 heavy (non-hydrogen) atoms. The predicted octanol–water partition coefficient (Wildman–Crippen LogP) is -0.583. The van der Waals surface area contributed by atoms with Crippen LogP contribution in [0.25, 0.3) is 5.57 Å². The van der Waals surface area contributed by atoms with Crippen molar-refractivity contribution in [1.82, 2.24) is 0 Å². The summed E-state index contributed by atoms with van der Waals surface area (Å²) in [6.07, 6.45) is 0. The largest absolute Gasteiger partial charge is 1.00 e. The summed E-state index contributed by atoms with van der Waals surface area (Å²) in [7, 11) is 0. The number of benzene rings is 1. The van der Waals surface area contributed by atoms with Crippen molar-refractivity contribution in [2.45, 2.75) is 11.8 Å². The number of hydrogen-bond acceptors (Lipinski definition) is 1. The molecule has 0 heterocycles. The summed E-state index contributed by atoms with van der Waals surface area (Å²) in [5.74, 6) is 0. The summed E-state index contributed by atoms with van der Waals surface area (Å²) < 4.78 is 19.3. The zero-order chi connectivity index (χ0) is 9.14. The monoisotopic (exact) mass is 206 g/mol. The average molecular weight is 206 g/mol. The number of hydrogen-bond donors (Lipinski definition) is 1. The minimum Gasteiger partial charge on any atom is -1.00 e. The molecule has 2 nitrogen and oxygen atoms in total. The van der Waals surface area contributed by atoms with Crippen LogP contribution in [-0.2, 0) is 11.1 Å². The van der Waals surface area contributed by atoms with Gasteiger partial charge in [0, 0.05) is 0 Å². The van der Waals surface area contributed by atoms with Crippen LogP contribution in [0.3, 0.4) is 0 Å². The van der Waals surface area contributed by atoms with Crippen LogP contribution in [0.5, 0.6) is 0 Å². The van der Waals surface area contributed by atoms with Crippen LogP contribution in [0.4, 0.5) is 0 Å². The van der Waals surface area contributed by atoms with Gasteiger partial charge in [-0.3, -0.25) is 0 Å². The molecule has 1 atom stereocenters. The van der Waals surface area contributed by atoms with Crippen molar-refractivity contribution in [1.29, 1.82) is 0 Å². The molecule has 0 aliphatic heterocycles. The van der Waals surface area contributed by atoms with Crippen molar-refractivity contribution in [3.05, 3.63) is 36.4 Å². The third-order valence-corrected chi connectivity index (χ3v) is 2.22. The van der Waals surface area contributed by atoms with Crippen LogP contribution >= 0.6 is 0 Å². The molecule has 0 radical (unpaired) electrons. The second kappa shape index (κ2) is 5.73. The zero-order valence-corrected chi connectivity index (χ0v) is 10.6. The van der Waals surface area contributed by atoms with Gasteiger partial charge in [-0.15, -0.1) is 0 Å². The molecule has 0 fully saturated rings. The smallest absolute Gasteiger partial charge is 1.00 e. The van der Waals surface area contributed by atoms with E-state index in [4.69, 9.17) is 4.55 Å². The van der Waals surface area contributed by atoms with Crippen LogP contribution < -0.4 is 29.6 Å². The molecule has 1 unspecified atom stereocenters. The molecule has 0 amide bonds. The minimum atomic E-state index is -1.88. The Morgan fingerprint density at radius 2 is 1.92 bits per heavy atom. The maximum absolute atomic E-state index is 10.6. The Balaban J connectivity index is 0. The molecule has 4 heteroatoms. The summed E-state index contributed by atoms with van der Waals surface area (Å²) in [4.78, 5) is 0.417. The molecule has 0 saturated carbocycles. The molecule has 0 aliphatic rings. The van der Waals surface area contributed by atoms with Gasteiger partial charge in [-0.2, -0.15) is 0 Å². The Hall–Kier alpha value is 0.0700. The minimum absolute atomic E-state index is 0. The number of rotatable bonds is 2. The Morgan fingerprint density at radius 1 is 1.46 bits per heavy atom. The Labute approximate surface area is 104 Å². The predicted molar refractivity (Wildman–Crippen MR) is 51.3 cm³/mol. The van der Waals surface area contributed by atoms with Gasteiger partial charge in [0.2, 0.25) is 0 Å². The summed E-state index contributed by atoms with van der Waals surface area (Å²) in [5, 5.41) is 0. The fourth-order valence-corrected chi connectivity index (χ4v) is 1.22. The second-order valence-electron chi connectivity index (χ2n) is 2.55. The van der Waals surface area contributed by atoms with E-state index < -0.39 is 11.1 Å². The molecule has 66 valence electrons. The fraction of sp³-hybridized carbons (Fsp3) is 0.111. The maximum Gasteiger partial charge on any atom is 1.00 e. The molecule has 1 aromatic rings. The van der Waals surface area contributed by atoms with Crippen molar-refractivity contribution in [2.75, 3.05) is 0 Å². The molecule has 0 aromatic heterocycles. The van der Waals surface area contributed by atoms with Gasteiger partial charge >= 0.3 is 29.6 Å². The summed E-state index contributed by atoms with van der Waals surface area (Å²) in [5.41, 5.74) is 1.94. The van der Waals surface area contributed by atoms with Gasteiger partial charge in [0.1, 0.15) is 0 Å². The van der Waals surface area contributed by atoms with Gasteiger partial charge in [-0.1, -0.05) is 24.3 Å². The van der Waals surface area contributed by atoms with E-state index in [0.29, 0.717) is 4.90 Å². The standard InChI is InChI=1S/C9H10O2S.Na.H/c1-7(2)8-3-5-9(6-4-8)12(10)11;;/h3-6H,1H2,2H3,(H,10,11);;/q;+1;-1. The normalized spacial score (nSPS) is 11.5. The van der Waals surface area contributed by atoms with E-state index in [2.05, 4.69) is 6.58 Å². The Morgan fingerprint density at radius 3 is 2.23 bits per heavy atom. The average Bonchev–Trinajstić information content (AvgIpc) is 2.04. The van der Waals surface area contributed by atoms with Gasteiger partial charge in [0.25, 0.3) is 0 Å². The Kier molecular flexibility index (Phi) is 5.76. The first-order chi connectivity index (χ1) is 5.61. The van der Waals surface area contributed by atoms with Gasteiger partial charge in [-0.05, 0) is 24.6 Å². The van der Waals surface area contributed by atoms with Gasteiger partial charge in [0.15, 0.2) is 11.1 Å². The quantitative estimate of drug-likeness (QED) is 0.519. The first-order valence-electron chi connectivity index (χ1n) is 3.48. The topological polar surface area (TPSA) is 37.3 Å². The molecule has 0 saturated heterocycles. The molecular formula is C9H11NaO2S. The molecular weight excluding hydrogens is 195 g/mol. The molecule has 0 aliphatic carbocycles.